The Kier molecular flexibility index (Phi) is 5.65. The summed E-state index contributed by atoms with van der Waals surface area (Å²) >= 11 is 5.94. The van der Waals surface area contributed by atoms with Crippen LogP contribution in [0.1, 0.15) is 33.1 Å². The second-order valence-electron chi connectivity index (χ2n) is 7.40. The van der Waals surface area contributed by atoms with Crippen molar-refractivity contribution in [1.29, 1.82) is 0 Å². The molecule has 1 aromatic carbocycles. The van der Waals surface area contributed by atoms with Gasteiger partial charge in [0.25, 0.3) is 11.8 Å². The summed E-state index contributed by atoms with van der Waals surface area (Å²) < 4.78 is 6.95. The number of halogens is 1. The van der Waals surface area contributed by atoms with Crippen molar-refractivity contribution in [3.8, 4) is 5.69 Å². The lowest BCUT2D eigenvalue weighted by molar-refractivity contribution is -0.255. The maximum Gasteiger partial charge on any atom is 0.331 e. The standard InChI is InChI=1S/C23H18ClN3O6/c1-12-8-14(13(2)27(12)15-5-6-19(24)17(10-15)22(30)31)9-18-20(28)25-23(32)26(21(18)29)11-16-4-3-7-33-16/h3-10H,11H2,1-2H3,(H,30,31)(H,25,28,32)/p-1/b18-9+. The van der Waals surface area contributed by atoms with E-state index in [0.29, 0.717) is 22.7 Å². The summed E-state index contributed by atoms with van der Waals surface area (Å²) in [6.45, 7) is 3.42. The number of urea groups is 1. The molecule has 0 aliphatic carbocycles. The molecule has 1 saturated heterocycles. The molecule has 1 aliphatic rings. The monoisotopic (exact) mass is 466 g/mol. The molecule has 4 rings (SSSR count). The fourth-order valence-electron chi connectivity index (χ4n) is 3.69. The van der Waals surface area contributed by atoms with Gasteiger partial charge in [0.15, 0.2) is 0 Å². The Morgan fingerprint density at radius 2 is 1.94 bits per heavy atom. The number of hydrogen-bond donors (Lipinski definition) is 1. The third kappa shape index (κ3) is 4.06. The Bertz CT molecular complexity index is 1340. The highest BCUT2D eigenvalue weighted by molar-refractivity contribution is 6.33. The first kappa shape index (κ1) is 22.1. The lowest BCUT2D eigenvalue weighted by Gasteiger charge is -2.25. The molecule has 2 aromatic heterocycles. The topological polar surface area (TPSA) is 125 Å². The average molecular weight is 467 g/mol. The summed E-state index contributed by atoms with van der Waals surface area (Å²) in [5.41, 5.74) is 2.05. The van der Waals surface area contributed by atoms with E-state index in [1.54, 1.807) is 42.7 Å². The number of aromatic carboxylic acids is 1. The van der Waals surface area contributed by atoms with E-state index < -0.39 is 23.8 Å². The Labute approximate surface area is 192 Å². The summed E-state index contributed by atoms with van der Waals surface area (Å²) in [5.74, 6) is -2.58. The van der Waals surface area contributed by atoms with Crippen molar-refractivity contribution in [3.05, 3.63) is 81.5 Å². The van der Waals surface area contributed by atoms with Crippen LogP contribution in [0.4, 0.5) is 4.79 Å². The smallest absolute Gasteiger partial charge is 0.331 e. The third-order valence-electron chi connectivity index (χ3n) is 5.28. The first-order valence-corrected chi connectivity index (χ1v) is 10.2. The number of carbonyl (C=O) groups excluding carboxylic acids is 4. The van der Waals surface area contributed by atoms with E-state index in [1.807, 2.05) is 0 Å². The van der Waals surface area contributed by atoms with Crippen molar-refractivity contribution in [2.24, 2.45) is 0 Å². The zero-order valence-electron chi connectivity index (χ0n) is 17.5. The van der Waals surface area contributed by atoms with Gasteiger partial charge in [0, 0.05) is 27.7 Å². The largest absolute Gasteiger partial charge is 0.545 e. The van der Waals surface area contributed by atoms with Crippen LogP contribution in [0, 0.1) is 13.8 Å². The van der Waals surface area contributed by atoms with Gasteiger partial charge in [0.05, 0.1) is 18.8 Å². The van der Waals surface area contributed by atoms with Gasteiger partial charge in [0.2, 0.25) is 0 Å². The number of furan rings is 1. The van der Waals surface area contributed by atoms with Crippen molar-refractivity contribution in [2.45, 2.75) is 20.4 Å². The lowest BCUT2D eigenvalue weighted by atomic mass is 10.1. The molecule has 0 spiro atoms. The van der Waals surface area contributed by atoms with E-state index in [0.717, 1.165) is 10.6 Å². The number of aromatic nitrogens is 1. The third-order valence-corrected chi connectivity index (χ3v) is 5.61. The van der Waals surface area contributed by atoms with Gasteiger partial charge in [-0.1, -0.05) is 11.6 Å². The van der Waals surface area contributed by atoms with Crippen LogP contribution >= 0.6 is 11.6 Å². The predicted molar refractivity (Wildman–Crippen MR) is 115 cm³/mol. The molecule has 0 unspecified atom stereocenters. The molecule has 1 aliphatic heterocycles. The van der Waals surface area contributed by atoms with E-state index in [1.165, 1.54) is 24.5 Å². The molecule has 0 saturated carbocycles. The number of nitrogens with zero attached hydrogens (tertiary/aromatic N) is 2. The molecule has 1 fully saturated rings. The molecule has 168 valence electrons. The maximum absolute atomic E-state index is 12.9. The Morgan fingerprint density at radius 3 is 2.61 bits per heavy atom. The SMILES string of the molecule is Cc1cc(/C=C2\C(=O)NC(=O)N(Cc3ccco3)C2=O)c(C)n1-c1ccc(Cl)c(C(=O)[O-])c1. The maximum atomic E-state index is 12.9. The van der Waals surface area contributed by atoms with Crippen LogP contribution < -0.4 is 10.4 Å². The van der Waals surface area contributed by atoms with E-state index in [-0.39, 0.29) is 22.7 Å². The summed E-state index contributed by atoms with van der Waals surface area (Å²) in [7, 11) is 0. The summed E-state index contributed by atoms with van der Waals surface area (Å²) in [4.78, 5) is 49.8. The van der Waals surface area contributed by atoms with Gasteiger partial charge >= 0.3 is 6.03 Å². The highest BCUT2D eigenvalue weighted by Crippen LogP contribution is 2.27. The molecule has 3 heterocycles. The fourth-order valence-corrected chi connectivity index (χ4v) is 3.89. The van der Waals surface area contributed by atoms with E-state index in [9.17, 15) is 24.3 Å². The second kappa shape index (κ2) is 8.44. The molecule has 33 heavy (non-hydrogen) atoms. The zero-order chi connectivity index (χ0) is 23.9. The van der Waals surface area contributed by atoms with Crippen LogP contribution in [-0.2, 0) is 16.1 Å². The van der Waals surface area contributed by atoms with Gasteiger partial charge in [-0.2, -0.15) is 0 Å². The lowest BCUT2D eigenvalue weighted by Crippen LogP contribution is -2.53. The number of imide groups is 2. The fraction of sp³-hybridized carbons (Fsp3) is 0.130. The number of hydrogen-bond acceptors (Lipinski definition) is 6. The molecular weight excluding hydrogens is 450 g/mol. The van der Waals surface area contributed by atoms with Gasteiger partial charge in [0.1, 0.15) is 11.3 Å². The van der Waals surface area contributed by atoms with Crippen LogP contribution in [0.5, 0.6) is 0 Å². The summed E-state index contributed by atoms with van der Waals surface area (Å²) in [6, 6.07) is 8.63. The van der Waals surface area contributed by atoms with E-state index in [2.05, 4.69) is 5.32 Å². The number of benzene rings is 1. The minimum Gasteiger partial charge on any atom is -0.545 e. The van der Waals surface area contributed by atoms with Crippen molar-refractivity contribution >= 4 is 41.5 Å². The van der Waals surface area contributed by atoms with Crippen molar-refractivity contribution in [1.82, 2.24) is 14.8 Å². The molecule has 9 nitrogen and oxygen atoms in total. The van der Waals surface area contributed by atoms with Gasteiger partial charge < -0.3 is 18.9 Å². The zero-order valence-corrected chi connectivity index (χ0v) is 18.3. The number of carboxylic acid groups (broad SMARTS) is 1. The number of rotatable bonds is 5. The Morgan fingerprint density at radius 1 is 1.18 bits per heavy atom. The molecule has 3 aromatic rings. The number of carbonyl (C=O) groups is 4. The highest BCUT2D eigenvalue weighted by atomic mass is 35.5. The van der Waals surface area contributed by atoms with Crippen LogP contribution in [0.25, 0.3) is 11.8 Å². The van der Waals surface area contributed by atoms with Crippen LogP contribution in [0.3, 0.4) is 0 Å². The Balaban J connectivity index is 1.73. The van der Waals surface area contributed by atoms with Gasteiger partial charge in [-0.15, -0.1) is 0 Å². The number of nitrogens with one attached hydrogen (secondary N) is 1. The summed E-state index contributed by atoms with van der Waals surface area (Å²) in [5, 5.41) is 13.6. The molecule has 0 radical (unpaired) electrons. The van der Waals surface area contributed by atoms with E-state index >= 15 is 0 Å². The molecular formula is C23H17ClN3O6-. The minimum atomic E-state index is -1.41. The molecule has 1 N–H and O–H groups in total. The number of carboxylic acids is 1. The second-order valence-corrected chi connectivity index (χ2v) is 7.81. The molecule has 0 bridgehead atoms. The van der Waals surface area contributed by atoms with Gasteiger partial charge in [-0.3, -0.25) is 19.8 Å². The summed E-state index contributed by atoms with van der Waals surface area (Å²) in [6.07, 6.45) is 2.81. The van der Waals surface area contributed by atoms with E-state index in [4.69, 9.17) is 16.0 Å². The first-order valence-electron chi connectivity index (χ1n) is 9.79. The normalized spacial score (nSPS) is 15.3. The molecule has 4 amide bonds. The van der Waals surface area contributed by atoms with Crippen molar-refractivity contribution in [3.63, 3.8) is 0 Å². The van der Waals surface area contributed by atoms with Crippen LogP contribution in [0.2, 0.25) is 5.02 Å². The molecule has 10 heteroatoms. The molecule has 0 atom stereocenters. The van der Waals surface area contributed by atoms with Crippen LogP contribution in [-0.4, -0.2) is 33.3 Å². The van der Waals surface area contributed by atoms with Crippen LogP contribution in [0.15, 0.2) is 52.7 Å². The quantitative estimate of drug-likeness (QED) is 0.454. The van der Waals surface area contributed by atoms with Crippen molar-refractivity contribution in [2.75, 3.05) is 0 Å². The number of aryl methyl sites for hydroxylation is 1. The van der Waals surface area contributed by atoms with Crippen molar-refractivity contribution < 1.29 is 28.7 Å². The predicted octanol–water partition coefficient (Wildman–Crippen LogP) is 2.37. The first-order chi connectivity index (χ1) is 15.7. The number of barbiturate groups is 1. The number of amides is 4. The Hall–Kier alpha value is -4.11. The minimum absolute atomic E-state index is 0.0503. The van der Waals surface area contributed by atoms with Gasteiger partial charge in [-0.25, -0.2) is 4.79 Å². The van der Waals surface area contributed by atoms with Gasteiger partial charge in [-0.05, 0) is 61.9 Å². The highest BCUT2D eigenvalue weighted by Gasteiger charge is 2.36. The average Bonchev–Trinajstić information content (AvgIpc) is 3.36.